The third kappa shape index (κ3) is 3.05. The van der Waals surface area contributed by atoms with Crippen molar-refractivity contribution in [2.75, 3.05) is 6.54 Å². The van der Waals surface area contributed by atoms with Crippen molar-refractivity contribution >= 4 is 0 Å². The Labute approximate surface area is 118 Å². The second-order valence-corrected chi connectivity index (χ2v) is 5.05. The lowest BCUT2D eigenvalue weighted by Crippen LogP contribution is -2.31. The SMILES string of the molecule is Cc1cc(CN2CCc3nc(C(F)(F)F)ncc3C2)no1. The van der Waals surface area contributed by atoms with Gasteiger partial charge in [0, 0.05) is 43.9 Å². The Morgan fingerprint density at radius 1 is 1.38 bits per heavy atom. The molecule has 0 saturated heterocycles. The minimum Gasteiger partial charge on any atom is -0.361 e. The van der Waals surface area contributed by atoms with Gasteiger partial charge in [-0.2, -0.15) is 13.2 Å². The molecule has 2 aromatic heterocycles. The van der Waals surface area contributed by atoms with Crippen molar-refractivity contribution in [3.8, 4) is 0 Å². The van der Waals surface area contributed by atoms with Gasteiger partial charge in [0.2, 0.25) is 5.82 Å². The molecule has 8 heteroatoms. The fraction of sp³-hybridized carbons (Fsp3) is 0.462. The van der Waals surface area contributed by atoms with Crippen LogP contribution in [0.25, 0.3) is 0 Å². The van der Waals surface area contributed by atoms with Crippen LogP contribution in [0.2, 0.25) is 0 Å². The van der Waals surface area contributed by atoms with Gasteiger partial charge < -0.3 is 4.52 Å². The third-order valence-electron chi connectivity index (χ3n) is 3.33. The number of alkyl halides is 3. The van der Waals surface area contributed by atoms with E-state index in [1.54, 1.807) is 0 Å². The largest absolute Gasteiger partial charge is 0.451 e. The van der Waals surface area contributed by atoms with Crippen LogP contribution in [0.4, 0.5) is 13.2 Å². The van der Waals surface area contributed by atoms with Crippen molar-refractivity contribution in [2.45, 2.75) is 32.6 Å². The summed E-state index contributed by atoms with van der Waals surface area (Å²) in [6.07, 6.45) is -2.76. The highest BCUT2D eigenvalue weighted by atomic mass is 19.4. The Hall–Kier alpha value is -1.96. The number of aryl methyl sites for hydroxylation is 1. The molecule has 0 atom stereocenters. The fourth-order valence-corrected chi connectivity index (χ4v) is 2.37. The van der Waals surface area contributed by atoms with Crippen LogP contribution in [0.3, 0.4) is 0 Å². The summed E-state index contributed by atoms with van der Waals surface area (Å²) in [5, 5.41) is 3.92. The third-order valence-corrected chi connectivity index (χ3v) is 3.33. The van der Waals surface area contributed by atoms with Crippen molar-refractivity contribution in [1.29, 1.82) is 0 Å². The summed E-state index contributed by atoms with van der Waals surface area (Å²) in [5.74, 6) is -0.331. The maximum atomic E-state index is 12.6. The topological polar surface area (TPSA) is 55.1 Å². The second kappa shape index (κ2) is 5.10. The van der Waals surface area contributed by atoms with Crippen LogP contribution >= 0.6 is 0 Å². The highest BCUT2D eigenvalue weighted by Gasteiger charge is 2.35. The van der Waals surface area contributed by atoms with Crippen LogP contribution in [0, 0.1) is 6.92 Å². The lowest BCUT2D eigenvalue weighted by molar-refractivity contribution is -0.145. The van der Waals surface area contributed by atoms with Gasteiger partial charge in [0.15, 0.2) is 0 Å². The molecule has 3 rings (SSSR count). The van der Waals surface area contributed by atoms with Crippen LogP contribution in [-0.4, -0.2) is 26.6 Å². The smallest absolute Gasteiger partial charge is 0.361 e. The summed E-state index contributed by atoms with van der Waals surface area (Å²) < 4.78 is 42.7. The van der Waals surface area contributed by atoms with Crippen molar-refractivity contribution in [2.24, 2.45) is 0 Å². The van der Waals surface area contributed by atoms with Gasteiger partial charge in [-0.15, -0.1) is 0 Å². The van der Waals surface area contributed by atoms with Crippen LogP contribution in [0.5, 0.6) is 0 Å². The van der Waals surface area contributed by atoms with Crippen molar-refractivity contribution in [3.63, 3.8) is 0 Å². The number of fused-ring (bicyclic) bond motifs is 1. The van der Waals surface area contributed by atoms with E-state index in [9.17, 15) is 13.2 Å². The molecule has 5 nitrogen and oxygen atoms in total. The summed E-state index contributed by atoms with van der Waals surface area (Å²) in [5.41, 5.74) is 2.02. The Morgan fingerprint density at radius 3 is 2.86 bits per heavy atom. The molecular weight excluding hydrogens is 285 g/mol. The van der Waals surface area contributed by atoms with E-state index in [0.29, 0.717) is 31.7 Å². The maximum Gasteiger partial charge on any atom is 0.451 e. The molecule has 21 heavy (non-hydrogen) atoms. The van der Waals surface area contributed by atoms with Gasteiger partial charge in [0.25, 0.3) is 0 Å². The first-order valence-electron chi connectivity index (χ1n) is 6.48. The van der Waals surface area contributed by atoms with E-state index in [4.69, 9.17) is 4.52 Å². The van der Waals surface area contributed by atoms with Gasteiger partial charge in [-0.25, -0.2) is 9.97 Å². The molecule has 0 amide bonds. The molecule has 0 unspecified atom stereocenters. The summed E-state index contributed by atoms with van der Waals surface area (Å²) in [4.78, 5) is 9.12. The van der Waals surface area contributed by atoms with E-state index in [1.807, 2.05) is 13.0 Å². The highest BCUT2D eigenvalue weighted by molar-refractivity contribution is 5.21. The van der Waals surface area contributed by atoms with Crippen LogP contribution in [0.15, 0.2) is 16.8 Å². The molecule has 0 radical (unpaired) electrons. The van der Waals surface area contributed by atoms with Gasteiger partial charge in [-0.05, 0) is 6.92 Å². The molecule has 0 spiro atoms. The normalized spacial score (nSPS) is 16.0. The summed E-state index contributed by atoms with van der Waals surface area (Å²) in [6.45, 7) is 3.55. The first kappa shape index (κ1) is 14.0. The maximum absolute atomic E-state index is 12.6. The molecule has 1 aliphatic rings. The van der Waals surface area contributed by atoms with E-state index in [0.717, 1.165) is 17.0 Å². The monoisotopic (exact) mass is 298 g/mol. The molecule has 112 valence electrons. The zero-order chi connectivity index (χ0) is 15.0. The zero-order valence-corrected chi connectivity index (χ0v) is 11.3. The van der Waals surface area contributed by atoms with Crippen molar-refractivity contribution in [3.05, 3.63) is 40.8 Å². The minimum atomic E-state index is -4.50. The van der Waals surface area contributed by atoms with E-state index in [2.05, 4.69) is 20.0 Å². The Kier molecular flexibility index (Phi) is 3.40. The molecule has 2 aromatic rings. The standard InChI is InChI=1S/C13H13F3N4O/c1-8-4-10(19-21-8)7-20-3-2-11-9(6-20)5-17-12(18-11)13(14,15)16/h4-5H,2-3,6-7H2,1H3. The molecule has 0 aromatic carbocycles. The van der Waals surface area contributed by atoms with Crippen molar-refractivity contribution < 1.29 is 17.7 Å². The molecule has 0 N–H and O–H groups in total. The molecule has 0 fully saturated rings. The van der Waals surface area contributed by atoms with Crippen molar-refractivity contribution in [1.82, 2.24) is 20.0 Å². The molecule has 1 aliphatic heterocycles. The molecule has 0 saturated carbocycles. The predicted molar refractivity (Wildman–Crippen MR) is 66.1 cm³/mol. The molecule has 3 heterocycles. The summed E-state index contributed by atoms with van der Waals surface area (Å²) >= 11 is 0. The Morgan fingerprint density at radius 2 is 2.19 bits per heavy atom. The molecule has 0 aliphatic carbocycles. The van der Waals surface area contributed by atoms with Gasteiger partial charge in [0.05, 0.1) is 11.4 Å². The lowest BCUT2D eigenvalue weighted by atomic mass is 10.1. The van der Waals surface area contributed by atoms with E-state index in [-0.39, 0.29) is 0 Å². The molecular formula is C13H13F3N4O. The lowest BCUT2D eigenvalue weighted by Gasteiger charge is -2.27. The minimum absolute atomic E-state index is 0.470. The molecule has 0 bridgehead atoms. The highest BCUT2D eigenvalue weighted by Crippen LogP contribution is 2.27. The van der Waals surface area contributed by atoms with Crippen LogP contribution in [0.1, 0.15) is 28.5 Å². The first-order chi connectivity index (χ1) is 9.91. The summed E-state index contributed by atoms with van der Waals surface area (Å²) in [7, 11) is 0. The number of hydrogen-bond acceptors (Lipinski definition) is 5. The van der Waals surface area contributed by atoms with E-state index in [1.165, 1.54) is 6.20 Å². The Bertz CT molecular complexity index is 653. The number of halogens is 3. The van der Waals surface area contributed by atoms with Crippen LogP contribution in [-0.2, 0) is 25.7 Å². The van der Waals surface area contributed by atoms with Gasteiger partial charge in [-0.1, -0.05) is 5.16 Å². The quantitative estimate of drug-likeness (QED) is 0.852. The fourth-order valence-electron chi connectivity index (χ4n) is 2.37. The van der Waals surface area contributed by atoms with Gasteiger partial charge >= 0.3 is 6.18 Å². The number of hydrogen-bond donors (Lipinski definition) is 0. The average molecular weight is 298 g/mol. The zero-order valence-electron chi connectivity index (χ0n) is 11.3. The summed E-state index contributed by atoms with van der Waals surface area (Å²) in [6, 6.07) is 1.85. The number of aromatic nitrogens is 3. The van der Waals surface area contributed by atoms with Crippen LogP contribution < -0.4 is 0 Å². The van der Waals surface area contributed by atoms with Gasteiger partial charge in [-0.3, -0.25) is 4.90 Å². The average Bonchev–Trinajstić information content (AvgIpc) is 2.82. The number of rotatable bonds is 2. The predicted octanol–water partition coefficient (Wildman–Crippen LogP) is 2.35. The van der Waals surface area contributed by atoms with E-state index >= 15 is 0 Å². The second-order valence-electron chi connectivity index (χ2n) is 5.05. The Balaban J connectivity index is 1.74. The number of nitrogens with zero attached hydrogens (tertiary/aromatic N) is 4. The van der Waals surface area contributed by atoms with E-state index < -0.39 is 12.0 Å². The first-order valence-corrected chi connectivity index (χ1v) is 6.48. The van der Waals surface area contributed by atoms with Gasteiger partial charge in [0.1, 0.15) is 5.76 Å².